The van der Waals surface area contributed by atoms with Crippen molar-refractivity contribution in [1.29, 1.82) is 0 Å². The van der Waals surface area contributed by atoms with E-state index in [1.54, 1.807) is 35.6 Å². The average molecular weight is 381 g/mol. The Balaban J connectivity index is 1.72. The SMILES string of the molecule is Cc1ccc(-c2ccc(=O)n(CCOc3ccc(Cl)cc3Cl)n2)s1. The van der Waals surface area contributed by atoms with Gasteiger partial charge in [0.1, 0.15) is 18.1 Å². The van der Waals surface area contributed by atoms with E-state index >= 15 is 0 Å². The molecular formula is C17H14Cl2N2O2S. The molecule has 0 radical (unpaired) electrons. The lowest BCUT2D eigenvalue weighted by molar-refractivity contribution is 0.288. The van der Waals surface area contributed by atoms with Crippen LogP contribution in [0.2, 0.25) is 10.0 Å². The van der Waals surface area contributed by atoms with Crippen molar-refractivity contribution in [2.45, 2.75) is 13.5 Å². The third-order valence-corrected chi connectivity index (χ3v) is 4.87. The largest absolute Gasteiger partial charge is 0.490 e. The Morgan fingerprint density at radius 1 is 1.17 bits per heavy atom. The maximum atomic E-state index is 12.0. The summed E-state index contributed by atoms with van der Waals surface area (Å²) in [6.07, 6.45) is 0. The highest BCUT2D eigenvalue weighted by Crippen LogP contribution is 2.27. The second-order valence-electron chi connectivity index (χ2n) is 5.11. The summed E-state index contributed by atoms with van der Waals surface area (Å²) in [7, 11) is 0. The molecule has 7 heteroatoms. The van der Waals surface area contributed by atoms with Crippen molar-refractivity contribution < 1.29 is 4.74 Å². The third kappa shape index (κ3) is 3.98. The Morgan fingerprint density at radius 3 is 2.71 bits per heavy atom. The van der Waals surface area contributed by atoms with Crippen LogP contribution in [0.15, 0.2) is 47.3 Å². The molecule has 0 saturated carbocycles. The predicted octanol–water partition coefficient (Wildman–Crippen LogP) is 4.67. The molecule has 3 aromatic rings. The van der Waals surface area contributed by atoms with Gasteiger partial charge in [0, 0.05) is 16.0 Å². The molecule has 0 fully saturated rings. The molecule has 1 aromatic carbocycles. The van der Waals surface area contributed by atoms with Crippen LogP contribution in [0.3, 0.4) is 0 Å². The van der Waals surface area contributed by atoms with E-state index in [9.17, 15) is 4.79 Å². The molecule has 124 valence electrons. The number of rotatable bonds is 5. The van der Waals surface area contributed by atoms with E-state index in [4.69, 9.17) is 27.9 Å². The molecule has 0 saturated heterocycles. The van der Waals surface area contributed by atoms with Gasteiger partial charge >= 0.3 is 0 Å². The van der Waals surface area contributed by atoms with E-state index in [0.717, 1.165) is 10.6 Å². The van der Waals surface area contributed by atoms with Crippen molar-refractivity contribution in [3.8, 4) is 16.3 Å². The van der Waals surface area contributed by atoms with Gasteiger partial charge in [0.2, 0.25) is 0 Å². The number of benzene rings is 1. The smallest absolute Gasteiger partial charge is 0.266 e. The maximum absolute atomic E-state index is 12.0. The van der Waals surface area contributed by atoms with Crippen molar-refractivity contribution in [3.63, 3.8) is 0 Å². The summed E-state index contributed by atoms with van der Waals surface area (Å²) in [6, 6.07) is 12.3. The zero-order valence-electron chi connectivity index (χ0n) is 12.8. The number of aromatic nitrogens is 2. The van der Waals surface area contributed by atoms with E-state index in [1.807, 2.05) is 19.1 Å². The molecule has 0 N–H and O–H groups in total. The minimum Gasteiger partial charge on any atom is -0.490 e. The Labute approximate surface area is 153 Å². The molecule has 3 rings (SSSR count). The van der Waals surface area contributed by atoms with Gasteiger partial charge in [-0.3, -0.25) is 4.79 Å². The van der Waals surface area contributed by atoms with Crippen LogP contribution in [-0.2, 0) is 6.54 Å². The molecule has 24 heavy (non-hydrogen) atoms. The molecule has 0 spiro atoms. The summed E-state index contributed by atoms with van der Waals surface area (Å²) in [6.45, 7) is 2.64. The average Bonchev–Trinajstić information content (AvgIpc) is 2.98. The first-order valence-electron chi connectivity index (χ1n) is 7.26. The van der Waals surface area contributed by atoms with Gasteiger partial charge in [-0.1, -0.05) is 23.2 Å². The van der Waals surface area contributed by atoms with Crippen molar-refractivity contribution in [1.82, 2.24) is 9.78 Å². The molecular weight excluding hydrogens is 367 g/mol. The van der Waals surface area contributed by atoms with Crippen LogP contribution in [0.5, 0.6) is 5.75 Å². The van der Waals surface area contributed by atoms with Crippen LogP contribution < -0.4 is 10.3 Å². The van der Waals surface area contributed by atoms with E-state index in [0.29, 0.717) is 22.3 Å². The fourth-order valence-corrected chi connectivity index (χ4v) is 3.44. The Bertz CT molecular complexity index is 921. The topological polar surface area (TPSA) is 44.1 Å². The lowest BCUT2D eigenvalue weighted by atomic mass is 10.3. The first-order chi connectivity index (χ1) is 11.5. The monoisotopic (exact) mass is 380 g/mol. The second-order valence-corrected chi connectivity index (χ2v) is 7.24. The summed E-state index contributed by atoms with van der Waals surface area (Å²) < 4.78 is 7.01. The normalized spacial score (nSPS) is 10.8. The van der Waals surface area contributed by atoms with Gasteiger partial charge in [0.25, 0.3) is 5.56 Å². The van der Waals surface area contributed by atoms with Gasteiger partial charge in [-0.2, -0.15) is 5.10 Å². The highest BCUT2D eigenvalue weighted by atomic mass is 35.5. The highest BCUT2D eigenvalue weighted by molar-refractivity contribution is 7.15. The summed E-state index contributed by atoms with van der Waals surface area (Å²) in [5.41, 5.74) is 0.607. The van der Waals surface area contributed by atoms with Gasteiger partial charge in [-0.25, -0.2) is 4.68 Å². The number of hydrogen-bond donors (Lipinski definition) is 0. The summed E-state index contributed by atoms with van der Waals surface area (Å²) in [4.78, 5) is 14.2. The van der Waals surface area contributed by atoms with Gasteiger partial charge in [0.15, 0.2) is 0 Å². The summed E-state index contributed by atoms with van der Waals surface area (Å²) >= 11 is 13.5. The van der Waals surface area contributed by atoms with Gasteiger partial charge in [-0.15, -0.1) is 11.3 Å². The lowest BCUT2D eigenvalue weighted by Gasteiger charge is -2.09. The molecule has 0 unspecified atom stereocenters. The molecule has 0 bridgehead atoms. The van der Waals surface area contributed by atoms with Crippen molar-refractivity contribution in [3.05, 3.63) is 67.7 Å². The van der Waals surface area contributed by atoms with Crippen molar-refractivity contribution in [2.75, 3.05) is 6.61 Å². The third-order valence-electron chi connectivity index (χ3n) is 3.31. The number of ether oxygens (including phenoxy) is 1. The van der Waals surface area contributed by atoms with Gasteiger partial charge < -0.3 is 4.74 Å². The second kappa shape index (κ2) is 7.38. The van der Waals surface area contributed by atoms with Crippen molar-refractivity contribution in [2.24, 2.45) is 0 Å². The lowest BCUT2D eigenvalue weighted by Crippen LogP contribution is -2.25. The molecule has 0 amide bonds. The summed E-state index contributed by atoms with van der Waals surface area (Å²) in [5.74, 6) is 0.527. The first kappa shape index (κ1) is 17.0. The van der Waals surface area contributed by atoms with E-state index < -0.39 is 0 Å². The van der Waals surface area contributed by atoms with Crippen LogP contribution in [0.4, 0.5) is 0 Å². The van der Waals surface area contributed by atoms with E-state index in [2.05, 4.69) is 5.10 Å². The molecule has 0 aliphatic rings. The number of halogens is 2. The number of hydrogen-bond acceptors (Lipinski definition) is 4. The molecule has 0 aliphatic carbocycles. The van der Waals surface area contributed by atoms with Crippen LogP contribution >= 0.6 is 34.5 Å². The maximum Gasteiger partial charge on any atom is 0.266 e. The first-order valence-corrected chi connectivity index (χ1v) is 8.83. The number of nitrogens with zero attached hydrogens (tertiary/aromatic N) is 2. The minimum absolute atomic E-state index is 0.169. The molecule has 0 aliphatic heterocycles. The van der Waals surface area contributed by atoms with Gasteiger partial charge in [-0.05, 0) is 43.3 Å². The van der Waals surface area contributed by atoms with Crippen LogP contribution in [0.1, 0.15) is 4.88 Å². The molecule has 4 nitrogen and oxygen atoms in total. The van der Waals surface area contributed by atoms with Crippen LogP contribution in [-0.4, -0.2) is 16.4 Å². The predicted molar refractivity (Wildman–Crippen MR) is 98.5 cm³/mol. The zero-order chi connectivity index (χ0) is 17.1. The molecule has 2 heterocycles. The number of thiophene rings is 1. The molecule has 0 atom stereocenters. The Morgan fingerprint density at radius 2 is 2.00 bits per heavy atom. The van der Waals surface area contributed by atoms with Crippen LogP contribution in [0.25, 0.3) is 10.6 Å². The summed E-state index contributed by atoms with van der Waals surface area (Å²) in [5, 5.41) is 5.39. The zero-order valence-corrected chi connectivity index (χ0v) is 15.2. The quantitative estimate of drug-likeness (QED) is 0.645. The number of aryl methyl sites for hydroxylation is 1. The van der Waals surface area contributed by atoms with Crippen LogP contribution in [0, 0.1) is 6.92 Å². The minimum atomic E-state index is -0.169. The van der Waals surface area contributed by atoms with Gasteiger partial charge in [0.05, 0.1) is 16.4 Å². The van der Waals surface area contributed by atoms with E-state index in [1.165, 1.54) is 15.6 Å². The Kier molecular flexibility index (Phi) is 5.23. The van der Waals surface area contributed by atoms with E-state index in [-0.39, 0.29) is 12.2 Å². The fraction of sp³-hybridized carbons (Fsp3) is 0.176. The molecule has 2 aromatic heterocycles. The fourth-order valence-electron chi connectivity index (χ4n) is 2.15. The highest BCUT2D eigenvalue weighted by Gasteiger charge is 2.07. The standard InChI is InChI=1S/C17H14Cl2N2O2S/c1-11-2-6-16(24-11)14-4-7-17(22)21(20-14)8-9-23-15-5-3-12(18)10-13(15)19/h2-7,10H,8-9H2,1H3. The van der Waals surface area contributed by atoms with Crippen molar-refractivity contribution >= 4 is 34.5 Å². The Hall–Kier alpha value is -1.82.